The van der Waals surface area contributed by atoms with Crippen molar-refractivity contribution in [2.45, 2.75) is 18.8 Å². The van der Waals surface area contributed by atoms with Gasteiger partial charge in [0, 0.05) is 17.5 Å². The number of benzene rings is 2. The van der Waals surface area contributed by atoms with Crippen molar-refractivity contribution >= 4 is 11.3 Å². The first-order valence-corrected chi connectivity index (χ1v) is 9.02. The number of hydrogen-bond donors (Lipinski definition) is 1. The highest BCUT2D eigenvalue weighted by Crippen LogP contribution is 2.26. The van der Waals surface area contributed by atoms with E-state index in [0.717, 1.165) is 19.0 Å². The fourth-order valence-corrected chi connectivity index (χ4v) is 3.58. The van der Waals surface area contributed by atoms with E-state index in [1.54, 1.807) is 11.3 Å². The van der Waals surface area contributed by atoms with E-state index in [9.17, 15) is 0 Å². The highest BCUT2D eigenvalue weighted by atomic mass is 32.1. The van der Waals surface area contributed by atoms with Crippen LogP contribution in [-0.4, -0.2) is 18.1 Å². The second-order valence-electron chi connectivity index (χ2n) is 5.63. The van der Waals surface area contributed by atoms with Crippen molar-refractivity contribution in [3.05, 3.63) is 77.2 Å². The van der Waals surface area contributed by atoms with Crippen LogP contribution < -0.4 is 5.32 Å². The van der Waals surface area contributed by atoms with Gasteiger partial charge in [-0.3, -0.25) is 0 Å². The number of nitrogens with zero attached hydrogens (tertiary/aromatic N) is 1. The second kappa shape index (κ2) is 8.61. The minimum atomic E-state index is 0.733. The summed E-state index contributed by atoms with van der Waals surface area (Å²) >= 11 is 1.79. The lowest BCUT2D eigenvalue weighted by Crippen LogP contribution is -2.26. The third-order valence-corrected chi connectivity index (χ3v) is 4.96. The lowest BCUT2D eigenvalue weighted by Gasteiger charge is -2.20. The Hall–Kier alpha value is -1.97. The molecule has 1 aliphatic rings. The summed E-state index contributed by atoms with van der Waals surface area (Å²) in [5.41, 5.74) is 2.55. The van der Waals surface area contributed by atoms with Crippen molar-refractivity contribution in [2.24, 2.45) is 0 Å². The summed E-state index contributed by atoms with van der Waals surface area (Å²) in [4.78, 5) is 4.33. The standard InChI is InChI=1S/C12H10.C8H12N2S/c1-3-7-11(8-4-1)12-9-5-2-6-10-12;1-3-9-4-2-7(1)8-10-5-6-11-8/h1-10H;5-7,9H,1-4H2. The molecule has 0 bridgehead atoms. The summed E-state index contributed by atoms with van der Waals surface area (Å²) in [6.07, 6.45) is 4.42. The molecule has 4 rings (SSSR count). The zero-order valence-electron chi connectivity index (χ0n) is 13.2. The van der Waals surface area contributed by atoms with E-state index in [4.69, 9.17) is 0 Å². The van der Waals surface area contributed by atoms with Crippen LogP contribution in [0.1, 0.15) is 23.8 Å². The topological polar surface area (TPSA) is 24.9 Å². The molecule has 0 radical (unpaired) electrons. The average Bonchev–Trinajstić information content (AvgIpc) is 3.19. The fraction of sp³-hybridized carbons (Fsp3) is 0.250. The molecule has 3 aromatic rings. The highest BCUT2D eigenvalue weighted by Gasteiger charge is 2.16. The molecule has 2 nitrogen and oxygen atoms in total. The Labute approximate surface area is 142 Å². The van der Waals surface area contributed by atoms with Gasteiger partial charge in [-0.2, -0.15) is 0 Å². The van der Waals surface area contributed by atoms with Crippen molar-refractivity contribution in [1.82, 2.24) is 10.3 Å². The van der Waals surface area contributed by atoms with Gasteiger partial charge in [-0.1, -0.05) is 60.7 Å². The number of thiazole rings is 1. The van der Waals surface area contributed by atoms with Gasteiger partial charge in [-0.05, 0) is 37.1 Å². The van der Waals surface area contributed by atoms with Crippen molar-refractivity contribution < 1.29 is 0 Å². The van der Waals surface area contributed by atoms with Crippen LogP contribution in [0.4, 0.5) is 0 Å². The number of hydrogen-bond acceptors (Lipinski definition) is 3. The van der Waals surface area contributed by atoms with Gasteiger partial charge in [0.2, 0.25) is 0 Å². The molecule has 1 aliphatic heterocycles. The first kappa shape index (κ1) is 15.9. The molecule has 0 aliphatic carbocycles. The van der Waals surface area contributed by atoms with E-state index >= 15 is 0 Å². The molecule has 3 heteroatoms. The van der Waals surface area contributed by atoms with Crippen LogP contribution in [0, 0.1) is 0 Å². The third-order valence-electron chi connectivity index (χ3n) is 4.02. The minimum Gasteiger partial charge on any atom is -0.317 e. The lowest BCUT2D eigenvalue weighted by molar-refractivity contribution is 0.459. The van der Waals surface area contributed by atoms with Gasteiger partial charge in [0.1, 0.15) is 0 Å². The Balaban J connectivity index is 0.000000136. The van der Waals surface area contributed by atoms with E-state index in [0.29, 0.717) is 0 Å². The van der Waals surface area contributed by atoms with Crippen LogP contribution in [0.25, 0.3) is 11.1 Å². The van der Waals surface area contributed by atoms with Gasteiger partial charge in [-0.25, -0.2) is 4.98 Å². The van der Waals surface area contributed by atoms with E-state index in [1.165, 1.54) is 29.0 Å². The van der Waals surface area contributed by atoms with Gasteiger partial charge in [-0.15, -0.1) is 11.3 Å². The Kier molecular flexibility index (Phi) is 5.95. The zero-order chi connectivity index (χ0) is 15.7. The molecule has 2 heterocycles. The minimum absolute atomic E-state index is 0.733. The van der Waals surface area contributed by atoms with Crippen molar-refractivity contribution in [2.75, 3.05) is 13.1 Å². The summed E-state index contributed by atoms with van der Waals surface area (Å²) in [5, 5.41) is 6.75. The number of piperidine rings is 1. The Morgan fingerprint density at radius 1 is 0.826 bits per heavy atom. The molecular formula is C20H22N2S. The molecule has 0 spiro atoms. The summed E-state index contributed by atoms with van der Waals surface area (Å²) in [5.74, 6) is 0.733. The molecule has 118 valence electrons. The quantitative estimate of drug-likeness (QED) is 0.721. The van der Waals surface area contributed by atoms with Crippen molar-refractivity contribution in [3.8, 4) is 11.1 Å². The summed E-state index contributed by atoms with van der Waals surface area (Å²) < 4.78 is 0. The number of rotatable bonds is 2. The van der Waals surface area contributed by atoms with E-state index in [2.05, 4.69) is 64.2 Å². The maximum Gasteiger partial charge on any atom is 0.0956 e. The monoisotopic (exact) mass is 322 g/mol. The van der Waals surface area contributed by atoms with E-state index < -0.39 is 0 Å². The molecule has 1 N–H and O–H groups in total. The predicted octanol–water partition coefficient (Wildman–Crippen LogP) is 4.96. The molecule has 1 fully saturated rings. The average molecular weight is 322 g/mol. The first-order valence-electron chi connectivity index (χ1n) is 8.14. The fourth-order valence-electron chi connectivity index (χ4n) is 2.77. The Morgan fingerprint density at radius 2 is 1.39 bits per heavy atom. The zero-order valence-corrected chi connectivity index (χ0v) is 14.0. The highest BCUT2D eigenvalue weighted by molar-refractivity contribution is 7.09. The van der Waals surface area contributed by atoms with Crippen LogP contribution in [0.2, 0.25) is 0 Å². The van der Waals surface area contributed by atoms with Gasteiger partial charge in [0.15, 0.2) is 0 Å². The largest absolute Gasteiger partial charge is 0.317 e. The maximum absolute atomic E-state index is 4.33. The van der Waals surface area contributed by atoms with Crippen LogP contribution in [0.3, 0.4) is 0 Å². The van der Waals surface area contributed by atoms with Gasteiger partial charge in [0.25, 0.3) is 0 Å². The second-order valence-corrected chi connectivity index (χ2v) is 6.55. The predicted molar refractivity (Wildman–Crippen MR) is 98.8 cm³/mol. The third kappa shape index (κ3) is 4.75. The normalized spacial score (nSPS) is 14.8. The molecule has 1 saturated heterocycles. The molecule has 0 atom stereocenters. The maximum atomic E-state index is 4.33. The van der Waals surface area contributed by atoms with Crippen LogP contribution >= 0.6 is 11.3 Å². The van der Waals surface area contributed by atoms with Crippen LogP contribution in [-0.2, 0) is 0 Å². The van der Waals surface area contributed by atoms with Crippen LogP contribution in [0.15, 0.2) is 72.2 Å². The first-order chi connectivity index (χ1) is 11.4. The molecule has 0 amide bonds. The Bertz CT molecular complexity index is 622. The van der Waals surface area contributed by atoms with E-state index in [1.807, 2.05) is 18.3 Å². The van der Waals surface area contributed by atoms with Gasteiger partial charge in [0.05, 0.1) is 5.01 Å². The Morgan fingerprint density at radius 3 is 1.87 bits per heavy atom. The lowest BCUT2D eigenvalue weighted by atomic mass is 9.99. The van der Waals surface area contributed by atoms with Crippen molar-refractivity contribution in [1.29, 1.82) is 0 Å². The van der Waals surface area contributed by atoms with Crippen LogP contribution in [0.5, 0.6) is 0 Å². The molecule has 1 aromatic heterocycles. The molecule has 0 saturated carbocycles. The van der Waals surface area contributed by atoms with Gasteiger partial charge >= 0.3 is 0 Å². The number of aromatic nitrogens is 1. The SMILES string of the molecule is c1ccc(-c2ccccc2)cc1.c1csc(C2CCNCC2)n1. The summed E-state index contributed by atoms with van der Waals surface area (Å²) in [6.45, 7) is 2.31. The molecule has 2 aromatic carbocycles. The smallest absolute Gasteiger partial charge is 0.0956 e. The van der Waals surface area contributed by atoms with Crippen molar-refractivity contribution in [3.63, 3.8) is 0 Å². The summed E-state index contributed by atoms with van der Waals surface area (Å²) in [7, 11) is 0. The summed E-state index contributed by atoms with van der Waals surface area (Å²) in [6, 6.07) is 20.8. The molecule has 23 heavy (non-hydrogen) atoms. The van der Waals surface area contributed by atoms with E-state index in [-0.39, 0.29) is 0 Å². The molecular weight excluding hydrogens is 300 g/mol. The molecule has 0 unspecified atom stereocenters. The number of nitrogens with one attached hydrogen (secondary N) is 1. The van der Waals surface area contributed by atoms with Gasteiger partial charge < -0.3 is 5.32 Å².